The quantitative estimate of drug-likeness (QED) is 0.245. The van der Waals surface area contributed by atoms with Crippen molar-refractivity contribution in [3.8, 4) is 23.2 Å². The Kier molecular flexibility index (Phi) is 8.34. The lowest BCUT2D eigenvalue weighted by Gasteiger charge is -2.41. The molecule has 0 spiro atoms. The second kappa shape index (κ2) is 12.3. The van der Waals surface area contributed by atoms with Crippen LogP contribution in [-0.4, -0.2) is 82.6 Å². The van der Waals surface area contributed by atoms with Crippen LogP contribution in [-0.2, 0) is 4.79 Å². The molecule has 1 amide bonds. The Hall–Kier alpha value is -4.33. The molecule has 2 unspecified atom stereocenters. The van der Waals surface area contributed by atoms with Crippen LogP contribution < -0.4 is 9.64 Å². The summed E-state index contributed by atoms with van der Waals surface area (Å²) in [4.78, 5) is 32.7. The van der Waals surface area contributed by atoms with Crippen molar-refractivity contribution in [3.63, 3.8) is 0 Å². The number of piperazine rings is 1. The molecule has 0 saturated carbocycles. The highest BCUT2D eigenvalue weighted by Crippen LogP contribution is 2.38. The number of likely N-dealkylation sites (tertiary alicyclic amines) is 1. The first-order chi connectivity index (χ1) is 21.3. The molecule has 6 rings (SSSR count). The standard InChI is InChI=1S/C33H33ClFN7O2/c1-20-26(25-10-4-7-22-8-5-11-27(34)28(22)25)17-37-30-29(20)38-33(44-19-24-9-6-14-40(24)3)39-31(30)41-15-16-42(32(43)21(2)35)23(18-41)12-13-36/h4-5,7-8,10-11,17,23-24H,2,6,9,12,14-16,18-19H2,1,3H3. The number of nitriles is 1. The first-order valence-corrected chi connectivity index (χ1v) is 15.1. The molecule has 0 N–H and O–H groups in total. The van der Waals surface area contributed by atoms with Gasteiger partial charge in [0.1, 0.15) is 17.6 Å². The molecule has 4 aromatic rings. The molecule has 4 heterocycles. The van der Waals surface area contributed by atoms with E-state index in [1.807, 2.05) is 54.4 Å². The summed E-state index contributed by atoms with van der Waals surface area (Å²) < 4.78 is 20.1. The van der Waals surface area contributed by atoms with Crippen molar-refractivity contribution < 1.29 is 13.9 Å². The van der Waals surface area contributed by atoms with Gasteiger partial charge >= 0.3 is 6.01 Å². The summed E-state index contributed by atoms with van der Waals surface area (Å²) in [6.07, 6.45) is 4.00. The first kappa shape index (κ1) is 29.7. The molecular formula is C33H33ClFN7O2. The summed E-state index contributed by atoms with van der Waals surface area (Å²) in [6.45, 7) is 7.47. The van der Waals surface area contributed by atoms with Gasteiger partial charge in [0.05, 0.1) is 18.5 Å². The highest BCUT2D eigenvalue weighted by Gasteiger charge is 2.34. The van der Waals surface area contributed by atoms with Gasteiger partial charge in [0.25, 0.3) is 5.91 Å². The van der Waals surface area contributed by atoms with Crippen molar-refractivity contribution in [2.24, 2.45) is 0 Å². The van der Waals surface area contributed by atoms with E-state index < -0.39 is 17.8 Å². The van der Waals surface area contributed by atoms with E-state index in [4.69, 9.17) is 31.3 Å². The number of likely N-dealkylation sites (N-methyl/N-ethyl adjacent to an activating group) is 1. The lowest BCUT2D eigenvalue weighted by Crippen LogP contribution is -2.55. The minimum Gasteiger partial charge on any atom is -0.462 e. The summed E-state index contributed by atoms with van der Waals surface area (Å²) >= 11 is 6.69. The van der Waals surface area contributed by atoms with Crippen LogP contribution in [0.25, 0.3) is 32.9 Å². The number of anilines is 1. The number of aryl methyl sites for hydroxylation is 1. The number of hydrogen-bond donors (Lipinski definition) is 0. The average molecular weight is 614 g/mol. The zero-order chi connectivity index (χ0) is 31.0. The van der Waals surface area contributed by atoms with Crippen molar-refractivity contribution in [2.45, 2.75) is 38.3 Å². The van der Waals surface area contributed by atoms with Gasteiger partial charge in [0, 0.05) is 47.8 Å². The topological polar surface area (TPSA) is 98.5 Å². The van der Waals surface area contributed by atoms with E-state index in [2.05, 4.69) is 24.6 Å². The van der Waals surface area contributed by atoms with E-state index in [0.717, 1.165) is 46.8 Å². The fourth-order valence-electron chi connectivity index (χ4n) is 6.34. The number of hydrogen-bond acceptors (Lipinski definition) is 8. The molecule has 2 aromatic carbocycles. The molecule has 2 saturated heterocycles. The summed E-state index contributed by atoms with van der Waals surface area (Å²) in [6, 6.07) is 14.0. The second-order valence-corrected chi connectivity index (χ2v) is 11.8. The molecule has 2 aliphatic rings. The van der Waals surface area contributed by atoms with Crippen LogP contribution in [0.1, 0.15) is 24.8 Å². The lowest BCUT2D eigenvalue weighted by molar-refractivity contribution is -0.131. The van der Waals surface area contributed by atoms with Crippen molar-refractivity contribution >= 4 is 45.1 Å². The van der Waals surface area contributed by atoms with E-state index in [9.17, 15) is 14.4 Å². The maximum Gasteiger partial charge on any atom is 0.319 e. The molecule has 2 aliphatic heterocycles. The fraction of sp³-hybridized carbons (Fsp3) is 0.364. The number of aromatic nitrogens is 3. The highest BCUT2D eigenvalue weighted by atomic mass is 35.5. The lowest BCUT2D eigenvalue weighted by atomic mass is 9.95. The summed E-state index contributed by atoms with van der Waals surface area (Å²) in [5.41, 5.74) is 3.95. The zero-order valence-electron chi connectivity index (χ0n) is 24.8. The smallest absolute Gasteiger partial charge is 0.319 e. The molecular weight excluding hydrogens is 581 g/mol. The van der Waals surface area contributed by atoms with Gasteiger partial charge in [0.2, 0.25) is 0 Å². The third-order valence-corrected chi connectivity index (χ3v) is 9.06. The number of halogens is 2. The van der Waals surface area contributed by atoms with Crippen LogP contribution >= 0.6 is 11.6 Å². The minimum atomic E-state index is -1.04. The molecule has 2 atom stereocenters. The highest BCUT2D eigenvalue weighted by molar-refractivity contribution is 6.36. The Labute approximate surface area is 260 Å². The van der Waals surface area contributed by atoms with Gasteiger partial charge in [-0.05, 0) is 55.9 Å². The maximum atomic E-state index is 13.8. The molecule has 226 valence electrons. The van der Waals surface area contributed by atoms with Gasteiger partial charge in [-0.25, -0.2) is 4.39 Å². The Bertz CT molecular complexity index is 1800. The SMILES string of the molecule is C=C(F)C(=O)N1CCN(c2nc(OCC3CCCN3C)nc3c(C)c(-c4cccc5cccc(Cl)c45)cnc23)CC1CC#N. The number of amides is 1. The van der Waals surface area contributed by atoms with Crippen molar-refractivity contribution in [1.29, 1.82) is 5.26 Å². The number of pyridine rings is 1. The number of benzene rings is 2. The van der Waals surface area contributed by atoms with Gasteiger partial charge in [-0.1, -0.05) is 48.5 Å². The monoisotopic (exact) mass is 613 g/mol. The van der Waals surface area contributed by atoms with E-state index in [1.54, 1.807) is 0 Å². The number of rotatable bonds is 7. The van der Waals surface area contributed by atoms with Crippen LogP contribution in [0.5, 0.6) is 6.01 Å². The zero-order valence-corrected chi connectivity index (χ0v) is 25.5. The predicted octanol–water partition coefficient (Wildman–Crippen LogP) is 5.69. The third-order valence-electron chi connectivity index (χ3n) is 8.75. The van der Waals surface area contributed by atoms with Gasteiger partial charge in [-0.3, -0.25) is 9.78 Å². The van der Waals surface area contributed by atoms with E-state index in [0.29, 0.717) is 35.0 Å². The van der Waals surface area contributed by atoms with Crippen LogP contribution in [0.2, 0.25) is 5.02 Å². The van der Waals surface area contributed by atoms with E-state index in [-0.39, 0.29) is 31.6 Å². The average Bonchev–Trinajstić information content (AvgIpc) is 3.44. The normalized spacial score (nSPS) is 19.0. The van der Waals surface area contributed by atoms with Gasteiger partial charge in [-0.15, -0.1) is 0 Å². The molecule has 0 aliphatic carbocycles. The summed E-state index contributed by atoms with van der Waals surface area (Å²) in [7, 11) is 2.09. The van der Waals surface area contributed by atoms with Crippen molar-refractivity contribution in [2.75, 3.05) is 44.7 Å². The molecule has 9 nitrogen and oxygen atoms in total. The van der Waals surface area contributed by atoms with Crippen LogP contribution in [0.3, 0.4) is 0 Å². The molecule has 44 heavy (non-hydrogen) atoms. The Balaban J connectivity index is 1.45. The van der Waals surface area contributed by atoms with Crippen LogP contribution in [0, 0.1) is 18.3 Å². The van der Waals surface area contributed by atoms with E-state index >= 15 is 0 Å². The number of fused-ring (bicyclic) bond motifs is 2. The minimum absolute atomic E-state index is 0.0361. The largest absolute Gasteiger partial charge is 0.462 e. The molecule has 2 fully saturated rings. The predicted molar refractivity (Wildman–Crippen MR) is 169 cm³/mol. The number of ether oxygens (including phenoxy) is 1. The summed E-state index contributed by atoms with van der Waals surface area (Å²) in [5.74, 6) is -1.29. The van der Waals surface area contributed by atoms with Crippen molar-refractivity contribution in [3.05, 3.63) is 65.6 Å². The van der Waals surface area contributed by atoms with Gasteiger partial charge in [-0.2, -0.15) is 15.2 Å². The number of carbonyl (C=O) groups excluding carboxylic acids is 1. The number of nitrogens with zero attached hydrogens (tertiary/aromatic N) is 7. The first-order valence-electron chi connectivity index (χ1n) is 14.7. The molecule has 11 heteroatoms. The maximum absolute atomic E-state index is 13.8. The molecule has 0 radical (unpaired) electrons. The van der Waals surface area contributed by atoms with Crippen molar-refractivity contribution in [1.82, 2.24) is 24.8 Å². The molecule has 0 bridgehead atoms. The van der Waals surface area contributed by atoms with Crippen LogP contribution in [0.4, 0.5) is 10.2 Å². The Morgan fingerprint density at radius 3 is 2.66 bits per heavy atom. The van der Waals surface area contributed by atoms with Gasteiger partial charge < -0.3 is 19.4 Å². The Morgan fingerprint density at radius 2 is 1.93 bits per heavy atom. The fourth-order valence-corrected chi connectivity index (χ4v) is 6.63. The van der Waals surface area contributed by atoms with E-state index in [1.165, 1.54) is 4.90 Å². The van der Waals surface area contributed by atoms with Crippen LogP contribution in [0.15, 0.2) is 55.0 Å². The second-order valence-electron chi connectivity index (χ2n) is 11.4. The van der Waals surface area contributed by atoms with Gasteiger partial charge in [0.15, 0.2) is 11.6 Å². The molecule has 2 aromatic heterocycles. The third kappa shape index (κ3) is 5.53. The Morgan fingerprint density at radius 1 is 1.14 bits per heavy atom. The summed E-state index contributed by atoms with van der Waals surface area (Å²) in [5, 5.41) is 12.1. The number of carbonyl (C=O) groups is 1.